The molecule has 1 aromatic carbocycles. The molecule has 4 heteroatoms. The van der Waals surface area contributed by atoms with Crippen LogP contribution in [0.15, 0.2) is 24.3 Å². The minimum Gasteiger partial charge on any atom is -0.380 e. The molecule has 0 aliphatic heterocycles. The van der Waals surface area contributed by atoms with Crippen molar-refractivity contribution in [3.63, 3.8) is 0 Å². The highest BCUT2D eigenvalue weighted by Gasteiger charge is 2.24. The Morgan fingerprint density at radius 2 is 2.16 bits per heavy atom. The van der Waals surface area contributed by atoms with Crippen LogP contribution >= 0.6 is 11.3 Å². The van der Waals surface area contributed by atoms with Crippen LogP contribution in [0, 0.1) is 0 Å². The van der Waals surface area contributed by atoms with E-state index in [1.807, 2.05) is 13.2 Å². The van der Waals surface area contributed by atoms with Gasteiger partial charge < -0.3 is 10.1 Å². The predicted molar refractivity (Wildman–Crippen MR) is 79.5 cm³/mol. The van der Waals surface area contributed by atoms with Crippen molar-refractivity contribution >= 4 is 21.6 Å². The Morgan fingerprint density at radius 3 is 3.00 bits per heavy atom. The van der Waals surface area contributed by atoms with E-state index in [0.29, 0.717) is 12.1 Å². The standard InChI is InChI=1S/C15H20N2OS/c1-18-13-8-4-2-6-11(13)16-10-15-17-12-7-3-5-9-14(12)19-15/h3,5,7,9,11,13,16H,2,4,6,8,10H2,1H3. The number of benzene rings is 1. The third kappa shape index (κ3) is 2.96. The van der Waals surface area contributed by atoms with E-state index in [4.69, 9.17) is 4.74 Å². The quantitative estimate of drug-likeness (QED) is 0.930. The molecule has 1 fully saturated rings. The van der Waals surface area contributed by atoms with E-state index in [1.54, 1.807) is 11.3 Å². The van der Waals surface area contributed by atoms with Crippen LogP contribution in [-0.2, 0) is 11.3 Å². The van der Waals surface area contributed by atoms with Gasteiger partial charge in [-0.3, -0.25) is 0 Å². The number of aromatic nitrogens is 1. The van der Waals surface area contributed by atoms with Gasteiger partial charge in [0.25, 0.3) is 0 Å². The minimum absolute atomic E-state index is 0.364. The molecule has 0 bridgehead atoms. The van der Waals surface area contributed by atoms with Gasteiger partial charge in [-0.1, -0.05) is 25.0 Å². The van der Waals surface area contributed by atoms with Crippen molar-refractivity contribution in [3.8, 4) is 0 Å². The first-order chi connectivity index (χ1) is 9.36. The number of hydrogen-bond acceptors (Lipinski definition) is 4. The number of thiazole rings is 1. The largest absolute Gasteiger partial charge is 0.380 e. The number of hydrogen-bond donors (Lipinski definition) is 1. The average Bonchev–Trinajstić information content (AvgIpc) is 2.88. The fourth-order valence-electron chi connectivity index (χ4n) is 2.83. The number of methoxy groups -OCH3 is 1. The van der Waals surface area contributed by atoms with Gasteiger partial charge >= 0.3 is 0 Å². The summed E-state index contributed by atoms with van der Waals surface area (Å²) in [6.07, 6.45) is 5.34. The maximum Gasteiger partial charge on any atom is 0.108 e. The molecule has 3 nitrogen and oxygen atoms in total. The first-order valence-corrected chi connectivity index (χ1v) is 7.79. The highest BCUT2D eigenvalue weighted by molar-refractivity contribution is 7.18. The average molecular weight is 276 g/mol. The SMILES string of the molecule is COC1CCCCC1NCc1nc2ccccc2s1. The van der Waals surface area contributed by atoms with Crippen molar-refractivity contribution in [1.29, 1.82) is 0 Å². The van der Waals surface area contributed by atoms with Gasteiger partial charge in [-0.2, -0.15) is 0 Å². The third-order valence-electron chi connectivity index (χ3n) is 3.86. The summed E-state index contributed by atoms with van der Waals surface area (Å²) in [6.45, 7) is 0.851. The molecule has 102 valence electrons. The zero-order chi connectivity index (χ0) is 13.1. The lowest BCUT2D eigenvalue weighted by Gasteiger charge is -2.30. The van der Waals surface area contributed by atoms with Crippen molar-refractivity contribution in [1.82, 2.24) is 10.3 Å². The highest BCUT2D eigenvalue weighted by atomic mass is 32.1. The van der Waals surface area contributed by atoms with Gasteiger partial charge in [0.1, 0.15) is 5.01 Å². The topological polar surface area (TPSA) is 34.1 Å². The summed E-state index contributed by atoms with van der Waals surface area (Å²) in [4.78, 5) is 4.66. The molecule has 0 radical (unpaired) electrons. The minimum atomic E-state index is 0.364. The smallest absolute Gasteiger partial charge is 0.108 e. The molecule has 1 heterocycles. The fourth-order valence-corrected chi connectivity index (χ4v) is 3.74. The second kappa shape index (κ2) is 5.99. The lowest BCUT2D eigenvalue weighted by molar-refractivity contribution is 0.0413. The summed E-state index contributed by atoms with van der Waals surface area (Å²) in [5.74, 6) is 0. The third-order valence-corrected chi connectivity index (χ3v) is 4.90. The number of nitrogens with zero attached hydrogens (tertiary/aromatic N) is 1. The summed E-state index contributed by atoms with van der Waals surface area (Å²) < 4.78 is 6.84. The molecular formula is C15H20N2OS. The number of para-hydroxylation sites is 1. The van der Waals surface area contributed by atoms with Gasteiger partial charge in [0, 0.05) is 19.7 Å². The van der Waals surface area contributed by atoms with Crippen LogP contribution < -0.4 is 5.32 Å². The summed E-state index contributed by atoms with van der Waals surface area (Å²) >= 11 is 1.78. The van der Waals surface area contributed by atoms with E-state index < -0.39 is 0 Å². The molecule has 1 aliphatic carbocycles. The molecule has 19 heavy (non-hydrogen) atoms. The van der Waals surface area contributed by atoms with Gasteiger partial charge in [0.2, 0.25) is 0 Å². The molecule has 0 amide bonds. The van der Waals surface area contributed by atoms with Gasteiger partial charge in [-0.05, 0) is 25.0 Å². The van der Waals surface area contributed by atoms with E-state index in [9.17, 15) is 0 Å². The Morgan fingerprint density at radius 1 is 1.32 bits per heavy atom. The van der Waals surface area contributed by atoms with Crippen LogP contribution in [0.3, 0.4) is 0 Å². The molecule has 0 spiro atoms. The van der Waals surface area contributed by atoms with Crippen LogP contribution in [0.5, 0.6) is 0 Å². The molecule has 1 saturated carbocycles. The van der Waals surface area contributed by atoms with E-state index >= 15 is 0 Å². The van der Waals surface area contributed by atoms with E-state index in [2.05, 4.69) is 28.5 Å². The van der Waals surface area contributed by atoms with Gasteiger partial charge in [0.15, 0.2) is 0 Å². The van der Waals surface area contributed by atoms with Crippen molar-refractivity contribution in [2.24, 2.45) is 0 Å². The van der Waals surface area contributed by atoms with Gasteiger partial charge in [-0.15, -0.1) is 11.3 Å². The zero-order valence-corrected chi connectivity index (χ0v) is 12.1. The maximum atomic E-state index is 5.57. The van der Waals surface area contributed by atoms with E-state index in [1.165, 1.54) is 35.4 Å². The molecule has 2 atom stereocenters. The maximum absolute atomic E-state index is 5.57. The van der Waals surface area contributed by atoms with E-state index in [0.717, 1.165) is 12.1 Å². The lowest BCUT2D eigenvalue weighted by atomic mass is 9.92. The normalized spacial score (nSPS) is 23.8. The van der Waals surface area contributed by atoms with Crippen LogP contribution in [0.4, 0.5) is 0 Å². The molecule has 3 rings (SSSR count). The second-order valence-electron chi connectivity index (χ2n) is 5.12. The Hall–Kier alpha value is -0.970. The summed E-state index contributed by atoms with van der Waals surface area (Å²) in [7, 11) is 1.82. The molecule has 1 N–H and O–H groups in total. The number of nitrogens with one attached hydrogen (secondary N) is 1. The molecule has 2 unspecified atom stereocenters. The van der Waals surface area contributed by atoms with Crippen molar-refractivity contribution < 1.29 is 4.74 Å². The number of rotatable bonds is 4. The molecule has 2 aromatic rings. The number of fused-ring (bicyclic) bond motifs is 1. The Bertz CT molecular complexity index is 507. The molecule has 1 aliphatic rings. The van der Waals surface area contributed by atoms with Crippen LogP contribution in [0.2, 0.25) is 0 Å². The highest BCUT2D eigenvalue weighted by Crippen LogP contribution is 2.24. The molecule has 1 aromatic heterocycles. The van der Waals surface area contributed by atoms with Crippen LogP contribution in [0.1, 0.15) is 30.7 Å². The van der Waals surface area contributed by atoms with Gasteiger partial charge in [0.05, 0.1) is 16.3 Å². The Labute approximate surface area is 118 Å². The monoisotopic (exact) mass is 276 g/mol. The van der Waals surface area contributed by atoms with Crippen molar-refractivity contribution in [2.45, 2.75) is 44.4 Å². The number of ether oxygens (including phenoxy) is 1. The predicted octanol–water partition coefficient (Wildman–Crippen LogP) is 3.34. The summed E-state index contributed by atoms with van der Waals surface area (Å²) in [6, 6.07) is 8.80. The van der Waals surface area contributed by atoms with Crippen LogP contribution in [-0.4, -0.2) is 24.2 Å². The van der Waals surface area contributed by atoms with Crippen LogP contribution in [0.25, 0.3) is 10.2 Å². The first-order valence-electron chi connectivity index (χ1n) is 6.97. The lowest BCUT2D eigenvalue weighted by Crippen LogP contribution is -2.42. The summed E-state index contributed by atoms with van der Waals surface area (Å²) in [5, 5.41) is 4.79. The van der Waals surface area contributed by atoms with E-state index in [-0.39, 0.29) is 0 Å². The van der Waals surface area contributed by atoms with Crippen molar-refractivity contribution in [3.05, 3.63) is 29.3 Å². The Balaban J connectivity index is 1.64. The van der Waals surface area contributed by atoms with Crippen molar-refractivity contribution in [2.75, 3.05) is 7.11 Å². The fraction of sp³-hybridized carbons (Fsp3) is 0.533. The Kier molecular flexibility index (Phi) is 4.11. The zero-order valence-electron chi connectivity index (χ0n) is 11.3. The summed E-state index contributed by atoms with van der Waals surface area (Å²) in [5.41, 5.74) is 1.11. The molecular weight excluding hydrogens is 256 g/mol. The molecule has 0 saturated heterocycles. The van der Waals surface area contributed by atoms with Gasteiger partial charge in [-0.25, -0.2) is 4.98 Å². The first kappa shape index (κ1) is 13.0. The second-order valence-corrected chi connectivity index (χ2v) is 6.24.